The summed E-state index contributed by atoms with van der Waals surface area (Å²) in [6.45, 7) is 12.5. The third kappa shape index (κ3) is 9.46. The average molecular weight is 509 g/mol. The standard InChI is InChI=1S/C15H24O2.C5H5.2BrH.Ti/c1-14(2,3)11-8-10(17-7)9-12(13(11)16)15(4,5)6;1-2-4-5-3-1;;;/h8-9,16H,1-7H3;1-3H,4H2;2*1H;/q;-1;;;/p-2. The second-order valence-corrected chi connectivity index (χ2v) is 7.57. The number of hydrogen-bond donors (Lipinski definition) is 1. The molecule has 1 aromatic rings. The number of hydrogen-bond acceptors (Lipinski definition) is 2. The summed E-state index contributed by atoms with van der Waals surface area (Å²) in [6.07, 6.45) is 10.0. The Bertz CT molecular complexity index is 523. The molecule has 1 N–H and O–H groups in total. The number of ether oxygens (including phenoxy) is 1. The van der Waals surface area contributed by atoms with E-state index in [2.05, 4.69) is 53.7 Å². The van der Waals surface area contributed by atoms with Crippen LogP contribution in [0.25, 0.3) is 0 Å². The van der Waals surface area contributed by atoms with E-state index in [9.17, 15) is 5.11 Å². The zero-order chi connectivity index (χ0) is 17.0. The van der Waals surface area contributed by atoms with Crippen molar-refractivity contribution in [3.8, 4) is 11.5 Å². The average Bonchev–Trinajstić information content (AvgIpc) is 2.95. The summed E-state index contributed by atoms with van der Waals surface area (Å²) < 4.78 is 5.33. The fourth-order valence-corrected chi connectivity index (χ4v) is 2.21. The molecule has 142 valence electrons. The molecule has 2 rings (SSSR count). The molecule has 0 unspecified atom stereocenters. The molecule has 0 amide bonds. The van der Waals surface area contributed by atoms with E-state index in [0.717, 1.165) is 23.3 Å². The number of rotatable bonds is 1. The third-order valence-electron chi connectivity index (χ3n) is 3.52. The van der Waals surface area contributed by atoms with Gasteiger partial charge in [-0.25, -0.2) is 12.2 Å². The van der Waals surface area contributed by atoms with Gasteiger partial charge in [-0.3, -0.25) is 6.08 Å². The molecule has 1 aliphatic carbocycles. The third-order valence-corrected chi connectivity index (χ3v) is 3.52. The van der Waals surface area contributed by atoms with E-state index < -0.39 is 0 Å². The molecule has 25 heavy (non-hydrogen) atoms. The molecule has 1 aliphatic rings. The van der Waals surface area contributed by atoms with Gasteiger partial charge in [-0.2, -0.15) is 6.08 Å². The monoisotopic (exact) mass is 507 g/mol. The van der Waals surface area contributed by atoms with Gasteiger partial charge in [-0.05, 0) is 23.0 Å². The summed E-state index contributed by atoms with van der Waals surface area (Å²) in [6, 6.07) is 3.84. The minimum Gasteiger partial charge on any atom is -1.00 e. The summed E-state index contributed by atoms with van der Waals surface area (Å²) in [7, 11) is 1.66. The van der Waals surface area contributed by atoms with Crippen molar-refractivity contribution in [2.24, 2.45) is 0 Å². The fraction of sp³-hybridized carbons (Fsp3) is 0.500. The smallest absolute Gasteiger partial charge is 0.123 e. The van der Waals surface area contributed by atoms with Crippen LogP contribution in [0.3, 0.4) is 0 Å². The molecule has 2 nitrogen and oxygen atoms in total. The maximum atomic E-state index is 10.4. The Balaban J connectivity index is -0.000000522. The van der Waals surface area contributed by atoms with Crippen LogP contribution in [0.15, 0.2) is 30.4 Å². The Kier molecular flexibility index (Phi) is 14.7. The second kappa shape index (κ2) is 12.4. The molecule has 0 radical (unpaired) electrons. The van der Waals surface area contributed by atoms with Gasteiger partial charge in [-0.1, -0.05) is 41.5 Å². The number of benzene rings is 1. The molecule has 0 saturated carbocycles. The summed E-state index contributed by atoms with van der Waals surface area (Å²) in [5.74, 6) is 1.20. The molecule has 0 heterocycles. The van der Waals surface area contributed by atoms with E-state index in [4.69, 9.17) is 4.74 Å². The van der Waals surface area contributed by atoms with Crippen molar-refractivity contribution < 1.29 is 65.5 Å². The Morgan fingerprint density at radius 1 is 0.960 bits per heavy atom. The van der Waals surface area contributed by atoms with E-state index in [-0.39, 0.29) is 66.5 Å². The second-order valence-electron chi connectivity index (χ2n) is 7.57. The molecule has 0 aliphatic heterocycles. The van der Waals surface area contributed by atoms with E-state index >= 15 is 0 Å². The summed E-state index contributed by atoms with van der Waals surface area (Å²) >= 11 is 0. The maximum absolute atomic E-state index is 10.4. The first kappa shape index (κ1) is 29.7. The van der Waals surface area contributed by atoms with Gasteiger partial charge in [0.15, 0.2) is 0 Å². The predicted octanol–water partition coefficient (Wildman–Crippen LogP) is -0.693. The minimum absolute atomic E-state index is 0. The molecular formula is C20H29Br2O2Ti-3. The van der Waals surface area contributed by atoms with Crippen LogP contribution in [0.1, 0.15) is 59.1 Å². The predicted molar refractivity (Wildman–Crippen MR) is 93.6 cm³/mol. The van der Waals surface area contributed by atoms with Crippen molar-refractivity contribution in [2.75, 3.05) is 7.11 Å². The van der Waals surface area contributed by atoms with Gasteiger partial charge in [0.05, 0.1) is 7.11 Å². The molecule has 0 aromatic heterocycles. The van der Waals surface area contributed by atoms with Crippen LogP contribution < -0.4 is 38.7 Å². The van der Waals surface area contributed by atoms with Gasteiger partial charge in [0.25, 0.3) is 0 Å². The first-order valence-electron chi connectivity index (χ1n) is 7.71. The molecule has 5 heteroatoms. The van der Waals surface area contributed by atoms with Crippen molar-refractivity contribution in [3.05, 3.63) is 47.6 Å². The van der Waals surface area contributed by atoms with Gasteiger partial charge in [0, 0.05) is 32.8 Å². The number of phenols is 1. The minimum atomic E-state index is -0.0986. The quantitative estimate of drug-likeness (QED) is 0.402. The van der Waals surface area contributed by atoms with Gasteiger partial charge < -0.3 is 43.8 Å². The zero-order valence-corrected chi connectivity index (χ0v) is 20.9. The van der Waals surface area contributed by atoms with Gasteiger partial charge in [0.1, 0.15) is 11.5 Å². The Hall–Kier alpha value is -0.0257. The van der Waals surface area contributed by atoms with Crippen LogP contribution in [-0.2, 0) is 32.5 Å². The molecule has 0 atom stereocenters. The first-order valence-corrected chi connectivity index (χ1v) is 7.71. The fourth-order valence-electron chi connectivity index (χ4n) is 2.21. The number of phenolic OH excluding ortho intramolecular Hbond substituents is 1. The van der Waals surface area contributed by atoms with Gasteiger partial charge in [-0.15, -0.1) is 6.42 Å². The largest absolute Gasteiger partial charge is 1.00 e. The van der Waals surface area contributed by atoms with Crippen molar-refractivity contribution in [1.82, 2.24) is 0 Å². The Morgan fingerprint density at radius 2 is 1.40 bits per heavy atom. The van der Waals surface area contributed by atoms with Crippen molar-refractivity contribution in [2.45, 2.75) is 58.8 Å². The topological polar surface area (TPSA) is 29.5 Å². The maximum Gasteiger partial charge on any atom is 0.123 e. The summed E-state index contributed by atoms with van der Waals surface area (Å²) in [5.41, 5.74) is 1.67. The van der Waals surface area contributed by atoms with Crippen LogP contribution in [0.2, 0.25) is 0 Å². The number of halogens is 2. The molecule has 1 aromatic carbocycles. The van der Waals surface area contributed by atoms with E-state index in [1.54, 1.807) is 7.11 Å². The normalized spacial score (nSPS) is 12.1. The SMILES string of the molecule is COc1cc(C(C)(C)C)c(O)c(C(C)(C)C)c1.[Br-].[Br-].[C-]1=CC=CC1.[Ti]. The van der Waals surface area contributed by atoms with Crippen LogP contribution in [0.5, 0.6) is 11.5 Å². The van der Waals surface area contributed by atoms with Crippen molar-refractivity contribution in [1.29, 1.82) is 0 Å². The molecule has 0 saturated heterocycles. The summed E-state index contributed by atoms with van der Waals surface area (Å²) in [5, 5.41) is 10.4. The molecule has 0 bridgehead atoms. The van der Waals surface area contributed by atoms with E-state index in [1.165, 1.54) is 0 Å². The van der Waals surface area contributed by atoms with Crippen LogP contribution >= 0.6 is 0 Å². The molecular weight excluding hydrogens is 480 g/mol. The number of methoxy groups -OCH3 is 1. The van der Waals surface area contributed by atoms with E-state index in [1.807, 2.05) is 24.3 Å². The molecule has 0 spiro atoms. The first-order chi connectivity index (χ1) is 10.1. The zero-order valence-electron chi connectivity index (χ0n) is 16.2. The molecule has 0 fully saturated rings. The van der Waals surface area contributed by atoms with Crippen LogP contribution in [0, 0.1) is 6.08 Å². The number of aromatic hydroxyl groups is 1. The number of allylic oxidation sites excluding steroid dienone is 4. The van der Waals surface area contributed by atoms with E-state index in [0.29, 0.717) is 5.75 Å². The van der Waals surface area contributed by atoms with Gasteiger partial charge in [0.2, 0.25) is 0 Å². The van der Waals surface area contributed by atoms with Crippen molar-refractivity contribution >= 4 is 0 Å². The Morgan fingerprint density at radius 3 is 1.60 bits per heavy atom. The van der Waals surface area contributed by atoms with Crippen LogP contribution in [0.4, 0.5) is 0 Å². The summed E-state index contributed by atoms with van der Waals surface area (Å²) in [4.78, 5) is 0. The van der Waals surface area contributed by atoms with Crippen LogP contribution in [-0.4, -0.2) is 12.2 Å². The Labute approximate surface area is 189 Å². The van der Waals surface area contributed by atoms with Gasteiger partial charge >= 0.3 is 0 Å². The van der Waals surface area contributed by atoms with Crippen molar-refractivity contribution in [3.63, 3.8) is 0 Å².